The van der Waals surface area contributed by atoms with E-state index in [4.69, 9.17) is 0 Å². The molecule has 3 aromatic rings. The van der Waals surface area contributed by atoms with Crippen LogP contribution in [0.2, 0.25) is 0 Å². The Morgan fingerprint density at radius 2 is 1.96 bits per heavy atom. The lowest BCUT2D eigenvalue weighted by atomic mass is 9.97. The number of hydrogen-bond acceptors (Lipinski definition) is 6. The normalized spacial score (nSPS) is 19.4. The number of pyridine rings is 1. The van der Waals surface area contributed by atoms with E-state index in [1.807, 2.05) is 12.1 Å². The van der Waals surface area contributed by atoms with Crippen LogP contribution < -0.4 is 10.5 Å². The van der Waals surface area contributed by atoms with Crippen LogP contribution in [0.4, 0.5) is 5.82 Å². The molecule has 5 rings (SSSR count). The van der Waals surface area contributed by atoms with Gasteiger partial charge in [-0.3, -0.25) is 9.78 Å². The summed E-state index contributed by atoms with van der Waals surface area (Å²) in [6.07, 6.45) is 9.75. The number of hydrogen-bond donors (Lipinski definition) is 0. The highest BCUT2D eigenvalue weighted by molar-refractivity contribution is 5.71. The van der Waals surface area contributed by atoms with E-state index in [1.165, 1.54) is 0 Å². The number of anilines is 1. The van der Waals surface area contributed by atoms with Crippen molar-refractivity contribution < 1.29 is 0 Å². The van der Waals surface area contributed by atoms with Gasteiger partial charge in [0.2, 0.25) is 0 Å². The van der Waals surface area contributed by atoms with E-state index < -0.39 is 0 Å². The monoisotopic (exact) mass is 362 g/mol. The minimum Gasteiger partial charge on any atom is -0.352 e. The summed E-state index contributed by atoms with van der Waals surface area (Å²) < 4.78 is 1.66. The summed E-state index contributed by atoms with van der Waals surface area (Å²) in [5.74, 6) is 0.900. The van der Waals surface area contributed by atoms with Gasteiger partial charge in [0.15, 0.2) is 5.65 Å². The van der Waals surface area contributed by atoms with Crippen molar-refractivity contribution in [3.63, 3.8) is 0 Å². The van der Waals surface area contributed by atoms with Gasteiger partial charge >= 0.3 is 0 Å². The largest absolute Gasteiger partial charge is 0.352 e. The maximum atomic E-state index is 12.5. The Kier molecular flexibility index (Phi) is 4.07. The standard InChI is InChI=1S/C20H22N6O/c27-19-12-14-4-1-2-6-16(14)24-26(19)13-15-5-3-11-25(15)18-8-7-17-20(23-18)22-10-9-21-17/h7-10,12,15H,1-6,11,13H2. The Labute approximate surface area is 157 Å². The molecule has 0 N–H and O–H groups in total. The Hall–Kier alpha value is -2.83. The van der Waals surface area contributed by atoms with Crippen molar-refractivity contribution in [3.05, 3.63) is 52.2 Å². The summed E-state index contributed by atoms with van der Waals surface area (Å²) in [5.41, 5.74) is 3.71. The molecule has 7 nitrogen and oxygen atoms in total. The van der Waals surface area contributed by atoms with Gasteiger partial charge in [0.05, 0.1) is 18.3 Å². The molecule has 0 amide bonds. The van der Waals surface area contributed by atoms with Gasteiger partial charge in [-0.05, 0) is 56.2 Å². The predicted molar refractivity (Wildman–Crippen MR) is 103 cm³/mol. The molecule has 0 radical (unpaired) electrons. The molecule has 1 fully saturated rings. The van der Waals surface area contributed by atoms with Gasteiger partial charge in [0.25, 0.3) is 5.56 Å². The first-order valence-electron chi connectivity index (χ1n) is 9.72. The van der Waals surface area contributed by atoms with Crippen molar-refractivity contribution in [2.75, 3.05) is 11.4 Å². The van der Waals surface area contributed by atoms with Gasteiger partial charge in [-0.15, -0.1) is 0 Å². The van der Waals surface area contributed by atoms with Crippen LogP contribution in [0.15, 0.2) is 35.4 Å². The molecule has 1 saturated heterocycles. The summed E-state index contributed by atoms with van der Waals surface area (Å²) in [7, 11) is 0. The molecule has 3 aromatic heterocycles. The Balaban J connectivity index is 1.43. The van der Waals surface area contributed by atoms with E-state index in [-0.39, 0.29) is 11.6 Å². The molecule has 0 aromatic carbocycles. The topological polar surface area (TPSA) is 76.8 Å². The number of nitrogens with zero attached hydrogens (tertiary/aromatic N) is 6. The summed E-state index contributed by atoms with van der Waals surface area (Å²) in [6.45, 7) is 1.54. The van der Waals surface area contributed by atoms with Gasteiger partial charge in [0.1, 0.15) is 11.3 Å². The SMILES string of the molecule is O=c1cc2c(nn1CC1CCCN1c1ccc3nccnc3n1)CCCC2. The quantitative estimate of drug-likeness (QED) is 0.710. The van der Waals surface area contributed by atoms with Gasteiger partial charge in [-0.25, -0.2) is 14.6 Å². The number of aryl methyl sites for hydroxylation is 2. The van der Waals surface area contributed by atoms with Crippen LogP contribution in [-0.2, 0) is 19.4 Å². The zero-order valence-corrected chi connectivity index (χ0v) is 15.2. The molecule has 0 bridgehead atoms. The maximum absolute atomic E-state index is 12.5. The van der Waals surface area contributed by atoms with Crippen molar-refractivity contribution in [1.29, 1.82) is 0 Å². The molecule has 138 valence electrons. The molecule has 1 aliphatic heterocycles. The van der Waals surface area contributed by atoms with Crippen molar-refractivity contribution in [3.8, 4) is 0 Å². The van der Waals surface area contributed by atoms with Crippen molar-refractivity contribution in [1.82, 2.24) is 24.7 Å². The summed E-state index contributed by atoms with van der Waals surface area (Å²) in [6, 6.07) is 5.98. The number of fused-ring (bicyclic) bond motifs is 2. The first-order chi connectivity index (χ1) is 13.3. The second-order valence-corrected chi connectivity index (χ2v) is 7.40. The van der Waals surface area contributed by atoms with E-state index in [2.05, 4.69) is 25.0 Å². The summed E-state index contributed by atoms with van der Waals surface area (Å²) in [4.78, 5) is 28.1. The zero-order valence-electron chi connectivity index (χ0n) is 15.2. The van der Waals surface area contributed by atoms with Crippen LogP contribution in [0.5, 0.6) is 0 Å². The Morgan fingerprint density at radius 1 is 1.07 bits per heavy atom. The van der Waals surface area contributed by atoms with Crippen molar-refractivity contribution >= 4 is 17.0 Å². The molecule has 2 aliphatic rings. The van der Waals surface area contributed by atoms with Crippen LogP contribution >= 0.6 is 0 Å². The fourth-order valence-electron chi connectivity index (χ4n) is 4.26. The first kappa shape index (κ1) is 16.4. The molecule has 1 unspecified atom stereocenters. The van der Waals surface area contributed by atoms with Gasteiger partial charge in [0, 0.05) is 25.0 Å². The maximum Gasteiger partial charge on any atom is 0.267 e. The molecule has 4 heterocycles. The second kappa shape index (κ2) is 6.72. The van der Waals surface area contributed by atoms with E-state index in [0.717, 1.165) is 67.7 Å². The molecule has 0 spiro atoms. The smallest absolute Gasteiger partial charge is 0.267 e. The highest BCUT2D eigenvalue weighted by Gasteiger charge is 2.27. The van der Waals surface area contributed by atoms with E-state index in [9.17, 15) is 4.79 Å². The molecule has 0 saturated carbocycles. The number of rotatable bonds is 3. The van der Waals surface area contributed by atoms with Crippen molar-refractivity contribution in [2.45, 2.75) is 51.1 Å². The third kappa shape index (κ3) is 3.07. The average molecular weight is 362 g/mol. The first-order valence-corrected chi connectivity index (χ1v) is 9.72. The molecule has 7 heteroatoms. The second-order valence-electron chi connectivity index (χ2n) is 7.40. The Bertz CT molecular complexity index is 1050. The minimum atomic E-state index is 0.0137. The molecular formula is C20H22N6O. The average Bonchev–Trinajstić information content (AvgIpc) is 3.16. The fourth-order valence-corrected chi connectivity index (χ4v) is 4.26. The highest BCUT2D eigenvalue weighted by atomic mass is 16.1. The van der Waals surface area contributed by atoms with Crippen LogP contribution in [0.1, 0.15) is 36.9 Å². The molecule has 1 atom stereocenters. The summed E-state index contributed by atoms with van der Waals surface area (Å²) >= 11 is 0. The summed E-state index contributed by atoms with van der Waals surface area (Å²) in [5, 5.41) is 4.69. The highest BCUT2D eigenvalue weighted by Crippen LogP contribution is 2.26. The lowest BCUT2D eigenvalue weighted by Crippen LogP contribution is -2.38. The third-order valence-corrected chi connectivity index (χ3v) is 5.65. The van der Waals surface area contributed by atoms with Crippen LogP contribution in [0.25, 0.3) is 11.2 Å². The van der Waals surface area contributed by atoms with Crippen molar-refractivity contribution in [2.24, 2.45) is 0 Å². The predicted octanol–water partition coefficient (Wildman–Crippen LogP) is 2.13. The lowest BCUT2D eigenvalue weighted by Gasteiger charge is -2.26. The van der Waals surface area contributed by atoms with Crippen LogP contribution in [-0.4, -0.2) is 37.3 Å². The zero-order chi connectivity index (χ0) is 18.2. The van der Waals surface area contributed by atoms with E-state index >= 15 is 0 Å². The number of aromatic nitrogens is 5. The van der Waals surface area contributed by atoms with E-state index in [1.54, 1.807) is 23.1 Å². The lowest BCUT2D eigenvalue weighted by molar-refractivity contribution is 0.472. The minimum absolute atomic E-state index is 0.0137. The third-order valence-electron chi connectivity index (χ3n) is 5.65. The molecular weight excluding hydrogens is 340 g/mol. The van der Waals surface area contributed by atoms with Crippen LogP contribution in [0.3, 0.4) is 0 Å². The Morgan fingerprint density at radius 3 is 2.93 bits per heavy atom. The van der Waals surface area contributed by atoms with E-state index in [0.29, 0.717) is 12.2 Å². The van der Waals surface area contributed by atoms with Gasteiger partial charge in [-0.2, -0.15) is 5.10 Å². The van der Waals surface area contributed by atoms with Crippen LogP contribution in [0, 0.1) is 0 Å². The molecule has 1 aliphatic carbocycles. The fraction of sp³-hybridized carbons (Fsp3) is 0.450. The van der Waals surface area contributed by atoms with Gasteiger partial charge in [-0.1, -0.05) is 0 Å². The molecule has 27 heavy (non-hydrogen) atoms. The van der Waals surface area contributed by atoms with Gasteiger partial charge < -0.3 is 4.90 Å².